The van der Waals surface area contributed by atoms with Gasteiger partial charge in [-0.2, -0.15) is 8.78 Å². The number of nitrogens with zero attached hydrogens (tertiary/aromatic N) is 2. The fourth-order valence-corrected chi connectivity index (χ4v) is 5.67. The highest BCUT2D eigenvalue weighted by Crippen LogP contribution is 2.49. The topological polar surface area (TPSA) is 105 Å². The van der Waals surface area contributed by atoms with Crippen LogP contribution < -0.4 is 10.1 Å². The molecule has 0 saturated heterocycles. The summed E-state index contributed by atoms with van der Waals surface area (Å²) in [6.07, 6.45) is 4.96. The van der Waals surface area contributed by atoms with Crippen LogP contribution in [0, 0.1) is 0 Å². The molecule has 3 N–H and O–H groups in total. The minimum Gasteiger partial charge on any atom is -0.434 e. The fraction of sp³-hybridized carbons (Fsp3) is 0.324. The van der Waals surface area contributed by atoms with Crippen LogP contribution in [0.15, 0.2) is 73.6 Å². The molecule has 43 heavy (non-hydrogen) atoms. The normalized spacial score (nSPS) is 16.9. The van der Waals surface area contributed by atoms with Crippen LogP contribution in [-0.4, -0.2) is 44.7 Å². The number of aliphatic hydroxyl groups is 2. The number of alkyl halides is 2. The monoisotopic (exact) mass is 587 g/mol. The van der Waals surface area contributed by atoms with E-state index in [2.05, 4.69) is 27.9 Å². The molecule has 0 aliphatic heterocycles. The summed E-state index contributed by atoms with van der Waals surface area (Å²) in [5.41, 5.74) is 1.96. The van der Waals surface area contributed by atoms with Crippen molar-refractivity contribution in [2.75, 3.05) is 6.54 Å². The molecule has 224 valence electrons. The van der Waals surface area contributed by atoms with E-state index in [4.69, 9.17) is 4.74 Å². The summed E-state index contributed by atoms with van der Waals surface area (Å²) in [6.45, 7) is 7.50. The number of nitrogens with one attached hydrogen (secondary N) is 1. The van der Waals surface area contributed by atoms with Crippen molar-refractivity contribution in [1.29, 1.82) is 0 Å². The van der Waals surface area contributed by atoms with Gasteiger partial charge in [0.05, 0.1) is 5.60 Å². The molecule has 0 saturated carbocycles. The predicted molar refractivity (Wildman–Crippen MR) is 161 cm³/mol. The van der Waals surface area contributed by atoms with E-state index in [1.807, 2.05) is 24.3 Å². The SMILES string of the molecule is C=CC(=O)c1cccc(OC(F)F)c1[C@@H]1CC(NCC(C)(C)O)c2cc3ccc(-c4cnc(C(C)(C)O)nc4)cc3cc21. The molecule has 1 heterocycles. The van der Waals surface area contributed by atoms with Gasteiger partial charge in [0.15, 0.2) is 11.6 Å². The van der Waals surface area contributed by atoms with E-state index in [0.29, 0.717) is 24.4 Å². The summed E-state index contributed by atoms with van der Waals surface area (Å²) in [6, 6.07) is 14.4. The highest BCUT2D eigenvalue weighted by Gasteiger charge is 2.37. The summed E-state index contributed by atoms with van der Waals surface area (Å²) in [7, 11) is 0. The van der Waals surface area contributed by atoms with E-state index in [9.17, 15) is 23.8 Å². The van der Waals surface area contributed by atoms with Gasteiger partial charge in [-0.15, -0.1) is 0 Å². The molecule has 2 atom stereocenters. The number of halogens is 2. The number of hydrogen-bond donors (Lipinski definition) is 3. The standard InChI is InChI=1S/C34H35F2N3O4/c1-6-28(40)23-8-7-9-29(43-32(35)36)30(23)26-15-27(39-18-33(2,3)41)25-13-20-11-10-19(12-21(20)14-24(25)26)22-16-37-31(38-17-22)34(4,5)42/h6-14,16-17,26-27,32,39,41-42H,1,15,18H2,2-5H3/t26-,27?/m1/s1. The number of rotatable bonds is 10. The van der Waals surface area contributed by atoms with Crippen LogP contribution in [0.25, 0.3) is 21.9 Å². The van der Waals surface area contributed by atoms with Gasteiger partial charge >= 0.3 is 6.61 Å². The molecule has 5 rings (SSSR count). The van der Waals surface area contributed by atoms with Crippen LogP contribution >= 0.6 is 0 Å². The fourth-order valence-electron chi connectivity index (χ4n) is 5.67. The maximum atomic E-state index is 13.5. The van der Waals surface area contributed by atoms with Crippen molar-refractivity contribution in [1.82, 2.24) is 15.3 Å². The van der Waals surface area contributed by atoms with Crippen molar-refractivity contribution in [2.24, 2.45) is 0 Å². The zero-order valence-electron chi connectivity index (χ0n) is 24.6. The van der Waals surface area contributed by atoms with Gasteiger partial charge in [0.2, 0.25) is 0 Å². The summed E-state index contributed by atoms with van der Waals surface area (Å²) in [4.78, 5) is 21.6. The lowest BCUT2D eigenvalue weighted by Gasteiger charge is -2.23. The number of carbonyl (C=O) groups excluding carboxylic acids is 1. The van der Waals surface area contributed by atoms with Crippen molar-refractivity contribution in [3.8, 4) is 16.9 Å². The van der Waals surface area contributed by atoms with Crippen LogP contribution in [0.4, 0.5) is 8.78 Å². The van der Waals surface area contributed by atoms with Crippen molar-refractivity contribution in [3.63, 3.8) is 0 Å². The lowest BCUT2D eigenvalue weighted by molar-refractivity contribution is -0.0506. The van der Waals surface area contributed by atoms with Crippen LogP contribution in [0.2, 0.25) is 0 Å². The summed E-state index contributed by atoms with van der Waals surface area (Å²) >= 11 is 0. The zero-order valence-corrected chi connectivity index (χ0v) is 24.6. The minimum absolute atomic E-state index is 0.0559. The minimum atomic E-state index is -3.07. The number of hydrogen-bond acceptors (Lipinski definition) is 7. The Morgan fingerprint density at radius 2 is 1.74 bits per heavy atom. The number of benzene rings is 3. The first kappa shape index (κ1) is 30.4. The summed E-state index contributed by atoms with van der Waals surface area (Å²) in [5, 5.41) is 26.0. The number of fused-ring (bicyclic) bond motifs is 2. The molecule has 0 bridgehead atoms. The van der Waals surface area contributed by atoms with E-state index >= 15 is 0 Å². The molecule has 1 aliphatic carbocycles. The average molecular weight is 588 g/mol. The van der Waals surface area contributed by atoms with Crippen LogP contribution in [0.5, 0.6) is 5.75 Å². The van der Waals surface area contributed by atoms with Crippen molar-refractivity contribution in [2.45, 2.75) is 63.9 Å². The van der Waals surface area contributed by atoms with Gasteiger partial charge in [-0.3, -0.25) is 4.79 Å². The molecule has 1 aliphatic rings. The number of carbonyl (C=O) groups is 1. The molecular formula is C34H35F2N3O4. The highest BCUT2D eigenvalue weighted by atomic mass is 19.3. The second-order valence-corrected chi connectivity index (χ2v) is 12.1. The maximum Gasteiger partial charge on any atom is 0.387 e. The average Bonchev–Trinajstić information content (AvgIpc) is 3.29. The van der Waals surface area contributed by atoms with Crippen molar-refractivity contribution in [3.05, 3.63) is 102 Å². The molecule has 3 aromatic carbocycles. The Balaban J connectivity index is 1.66. The van der Waals surface area contributed by atoms with Crippen molar-refractivity contribution >= 4 is 16.6 Å². The van der Waals surface area contributed by atoms with E-state index in [1.165, 1.54) is 18.2 Å². The third kappa shape index (κ3) is 6.49. The maximum absolute atomic E-state index is 13.5. The van der Waals surface area contributed by atoms with Gasteiger partial charge in [0, 0.05) is 47.6 Å². The third-order valence-electron chi connectivity index (χ3n) is 7.66. The molecule has 9 heteroatoms. The predicted octanol–water partition coefficient (Wildman–Crippen LogP) is 6.43. The van der Waals surface area contributed by atoms with Gasteiger partial charge < -0.3 is 20.3 Å². The lowest BCUT2D eigenvalue weighted by Crippen LogP contribution is -2.36. The van der Waals surface area contributed by atoms with Gasteiger partial charge in [-0.05, 0) is 85.9 Å². The van der Waals surface area contributed by atoms with E-state index < -0.39 is 23.7 Å². The van der Waals surface area contributed by atoms with Crippen molar-refractivity contribution < 1.29 is 28.5 Å². The second-order valence-electron chi connectivity index (χ2n) is 12.1. The van der Waals surface area contributed by atoms with Crippen LogP contribution in [-0.2, 0) is 5.60 Å². The van der Waals surface area contributed by atoms with E-state index in [1.54, 1.807) is 46.2 Å². The number of aromatic nitrogens is 2. The highest BCUT2D eigenvalue weighted by molar-refractivity contribution is 6.06. The Morgan fingerprint density at radius 1 is 1.05 bits per heavy atom. The lowest BCUT2D eigenvalue weighted by atomic mass is 9.86. The number of ether oxygens (including phenoxy) is 1. The van der Waals surface area contributed by atoms with Gasteiger partial charge in [0.1, 0.15) is 11.4 Å². The smallest absolute Gasteiger partial charge is 0.387 e. The summed E-state index contributed by atoms with van der Waals surface area (Å²) in [5.74, 6) is -0.580. The molecule has 1 aromatic heterocycles. The first-order valence-electron chi connectivity index (χ1n) is 14.1. The number of allylic oxidation sites excluding steroid dienone is 1. The molecule has 1 unspecified atom stereocenters. The van der Waals surface area contributed by atoms with Crippen LogP contribution in [0.3, 0.4) is 0 Å². The molecule has 0 fully saturated rings. The first-order valence-corrected chi connectivity index (χ1v) is 14.1. The quantitative estimate of drug-likeness (QED) is 0.145. The Morgan fingerprint density at radius 3 is 2.37 bits per heavy atom. The van der Waals surface area contributed by atoms with Gasteiger partial charge in [0.25, 0.3) is 0 Å². The first-order chi connectivity index (χ1) is 20.2. The Kier molecular flexibility index (Phi) is 8.17. The van der Waals surface area contributed by atoms with Gasteiger partial charge in [-0.1, -0.05) is 36.9 Å². The molecule has 0 amide bonds. The number of ketones is 1. The zero-order chi connectivity index (χ0) is 31.1. The molecule has 0 radical (unpaired) electrons. The Labute approximate surface area is 249 Å². The van der Waals surface area contributed by atoms with Gasteiger partial charge in [-0.25, -0.2) is 9.97 Å². The second kappa shape index (κ2) is 11.6. The third-order valence-corrected chi connectivity index (χ3v) is 7.66. The Hall–Kier alpha value is -4.05. The summed E-state index contributed by atoms with van der Waals surface area (Å²) < 4.78 is 32.0. The molecule has 4 aromatic rings. The molecule has 0 spiro atoms. The molecule has 7 nitrogen and oxygen atoms in total. The molecular weight excluding hydrogens is 552 g/mol. The van der Waals surface area contributed by atoms with E-state index in [-0.39, 0.29) is 23.1 Å². The van der Waals surface area contributed by atoms with Crippen LogP contribution in [0.1, 0.15) is 78.9 Å². The Bertz CT molecular complexity index is 1670. The van der Waals surface area contributed by atoms with E-state index in [0.717, 1.165) is 33.0 Å². The largest absolute Gasteiger partial charge is 0.434 e.